The molecule has 0 bridgehead atoms. The normalized spacial score (nSPS) is 20.6. The van der Waals surface area contributed by atoms with Gasteiger partial charge in [0.25, 0.3) is 0 Å². The zero-order valence-corrected chi connectivity index (χ0v) is 6.11. The van der Waals surface area contributed by atoms with Gasteiger partial charge in [0, 0.05) is 20.4 Å². The van der Waals surface area contributed by atoms with Crippen molar-refractivity contribution in [2.75, 3.05) is 0 Å². The van der Waals surface area contributed by atoms with Crippen LogP contribution in [0.3, 0.4) is 0 Å². The quantitative estimate of drug-likeness (QED) is 0.515. The van der Waals surface area contributed by atoms with Gasteiger partial charge < -0.3 is 0 Å². The first kappa shape index (κ1) is 7.66. The van der Waals surface area contributed by atoms with Gasteiger partial charge >= 0.3 is 0 Å². The Labute approximate surface area is 59.3 Å². The summed E-state index contributed by atoms with van der Waals surface area (Å²) in [5.41, 5.74) is 0. The van der Waals surface area contributed by atoms with Crippen LogP contribution in [0.1, 0.15) is 38.5 Å². The van der Waals surface area contributed by atoms with Crippen LogP contribution in [-0.4, -0.2) is 0 Å². The average Bonchev–Trinajstić information content (AvgIpc) is 1.72. The zero-order valence-electron chi connectivity index (χ0n) is 4.56. The minimum Gasteiger partial charge on any atom is -0.0533 e. The molecular formula is C6H12Pd. The van der Waals surface area contributed by atoms with Crippen LogP contribution in [0.4, 0.5) is 0 Å². The molecule has 0 atom stereocenters. The van der Waals surface area contributed by atoms with Crippen molar-refractivity contribution in [2.24, 2.45) is 0 Å². The summed E-state index contributed by atoms with van der Waals surface area (Å²) in [6.07, 6.45) is 9.00. The van der Waals surface area contributed by atoms with Gasteiger partial charge in [0.2, 0.25) is 0 Å². The second kappa shape index (κ2) is 4.81. The van der Waals surface area contributed by atoms with E-state index in [0.29, 0.717) is 0 Å². The second-order valence-electron chi connectivity index (χ2n) is 2.12. The summed E-state index contributed by atoms with van der Waals surface area (Å²) in [6, 6.07) is 0. The van der Waals surface area contributed by atoms with E-state index in [-0.39, 0.29) is 20.4 Å². The van der Waals surface area contributed by atoms with E-state index in [9.17, 15) is 0 Å². The van der Waals surface area contributed by atoms with E-state index in [2.05, 4.69) is 0 Å². The van der Waals surface area contributed by atoms with E-state index in [0.717, 1.165) is 0 Å². The van der Waals surface area contributed by atoms with Crippen LogP contribution < -0.4 is 0 Å². The molecule has 0 N–H and O–H groups in total. The third-order valence-corrected chi connectivity index (χ3v) is 1.50. The van der Waals surface area contributed by atoms with E-state index in [1.807, 2.05) is 0 Å². The smallest absolute Gasteiger partial charge is 0 e. The van der Waals surface area contributed by atoms with Crippen molar-refractivity contribution in [3.8, 4) is 0 Å². The van der Waals surface area contributed by atoms with E-state index in [1.54, 1.807) is 0 Å². The summed E-state index contributed by atoms with van der Waals surface area (Å²) in [5, 5.41) is 0. The van der Waals surface area contributed by atoms with Gasteiger partial charge in [-0.3, -0.25) is 0 Å². The van der Waals surface area contributed by atoms with Crippen molar-refractivity contribution in [3.63, 3.8) is 0 Å². The summed E-state index contributed by atoms with van der Waals surface area (Å²) >= 11 is 0. The fourth-order valence-corrected chi connectivity index (χ4v) is 1.06. The molecule has 0 saturated heterocycles. The first-order valence-electron chi connectivity index (χ1n) is 3.00. The largest absolute Gasteiger partial charge is 0.0533 e. The first-order chi connectivity index (χ1) is 3.00. The molecule has 1 fully saturated rings. The van der Waals surface area contributed by atoms with Gasteiger partial charge in [-0.05, 0) is 0 Å². The van der Waals surface area contributed by atoms with Crippen molar-refractivity contribution < 1.29 is 20.4 Å². The van der Waals surface area contributed by atoms with Crippen molar-refractivity contribution in [1.29, 1.82) is 0 Å². The minimum atomic E-state index is 0. The summed E-state index contributed by atoms with van der Waals surface area (Å²) in [4.78, 5) is 0. The molecule has 1 rings (SSSR count). The first-order valence-corrected chi connectivity index (χ1v) is 3.00. The van der Waals surface area contributed by atoms with Crippen LogP contribution in [0.15, 0.2) is 0 Å². The Kier molecular flexibility index (Phi) is 5.27. The molecule has 0 amide bonds. The third kappa shape index (κ3) is 3.26. The molecule has 1 heteroatoms. The SMILES string of the molecule is C1CCCCC1.[Pd]. The third-order valence-electron chi connectivity index (χ3n) is 1.50. The van der Waals surface area contributed by atoms with Gasteiger partial charge in [-0.15, -0.1) is 0 Å². The summed E-state index contributed by atoms with van der Waals surface area (Å²) in [5.74, 6) is 0. The van der Waals surface area contributed by atoms with Crippen LogP contribution in [0.2, 0.25) is 0 Å². The fourth-order valence-electron chi connectivity index (χ4n) is 1.06. The Morgan fingerprint density at radius 3 is 0.714 bits per heavy atom. The van der Waals surface area contributed by atoms with Gasteiger partial charge in [-0.1, -0.05) is 38.5 Å². The van der Waals surface area contributed by atoms with E-state index in [4.69, 9.17) is 0 Å². The molecule has 0 heterocycles. The average molecular weight is 191 g/mol. The molecule has 0 spiro atoms. The Morgan fingerprint density at radius 1 is 0.429 bits per heavy atom. The van der Waals surface area contributed by atoms with Crippen LogP contribution >= 0.6 is 0 Å². The Hall–Kier alpha value is 0.662. The molecule has 1 aliphatic carbocycles. The Bertz CT molecular complexity index is 19.7. The molecule has 0 radical (unpaired) electrons. The van der Waals surface area contributed by atoms with Gasteiger partial charge in [-0.25, -0.2) is 0 Å². The molecule has 0 aliphatic heterocycles. The maximum Gasteiger partial charge on any atom is 0 e. The molecular weight excluding hydrogens is 178 g/mol. The maximum atomic E-state index is 1.50. The van der Waals surface area contributed by atoms with E-state index < -0.39 is 0 Å². The zero-order chi connectivity index (χ0) is 4.24. The van der Waals surface area contributed by atoms with Crippen molar-refractivity contribution >= 4 is 0 Å². The molecule has 7 heavy (non-hydrogen) atoms. The predicted octanol–water partition coefficient (Wildman–Crippen LogP) is 2.34. The van der Waals surface area contributed by atoms with Gasteiger partial charge in [0.15, 0.2) is 0 Å². The summed E-state index contributed by atoms with van der Waals surface area (Å²) in [6.45, 7) is 0. The molecule has 46 valence electrons. The molecule has 0 aromatic carbocycles. The molecule has 1 aliphatic rings. The maximum absolute atomic E-state index is 1.50. The molecule has 0 nitrogen and oxygen atoms in total. The summed E-state index contributed by atoms with van der Waals surface area (Å²) < 4.78 is 0. The molecule has 0 unspecified atom stereocenters. The van der Waals surface area contributed by atoms with Gasteiger partial charge in [0.05, 0.1) is 0 Å². The van der Waals surface area contributed by atoms with Crippen LogP contribution in [0.5, 0.6) is 0 Å². The Morgan fingerprint density at radius 2 is 0.571 bits per heavy atom. The molecule has 0 aromatic heterocycles. The van der Waals surface area contributed by atoms with Crippen molar-refractivity contribution in [1.82, 2.24) is 0 Å². The monoisotopic (exact) mass is 190 g/mol. The second-order valence-corrected chi connectivity index (χ2v) is 2.12. The van der Waals surface area contributed by atoms with Gasteiger partial charge in [0.1, 0.15) is 0 Å². The van der Waals surface area contributed by atoms with Crippen LogP contribution in [0, 0.1) is 0 Å². The van der Waals surface area contributed by atoms with E-state index >= 15 is 0 Å². The standard InChI is InChI=1S/C6H12.Pd/c1-2-4-6-5-3-1;/h1-6H2;. The minimum absolute atomic E-state index is 0. The van der Waals surface area contributed by atoms with E-state index in [1.165, 1.54) is 38.5 Å². The van der Waals surface area contributed by atoms with Gasteiger partial charge in [-0.2, -0.15) is 0 Å². The van der Waals surface area contributed by atoms with Crippen molar-refractivity contribution in [2.45, 2.75) is 38.5 Å². The predicted molar refractivity (Wildman–Crippen MR) is 27.7 cm³/mol. The molecule has 0 aromatic rings. The van der Waals surface area contributed by atoms with Crippen LogP contribution in [0.25, 0.3) is 0 Å². The topological polar surface area (TPSA) is 0 Å². The van der Waals surface area contributed by atoms with Crippen molar-refractivity contribution in [3.05, 3.63) is 0 Å². The van der Waals surface area contributed by atoms with Crippen LogP contribution in [-0.2, 0) is 20.4 Å². The Balaban J connectivity index is 0.000000360. The number of rotatable bonds is 0. The number of hydrogen-bond acceptors (Lipinski definition) is 0. The fraction of sp³-hybridized carbons (Fsp3) is 1.00. The summed E-state index contributed by atoms with van der Waals surface area (Å²) in [7, 11) is 0. The molecule has 1 saturated carbocycles. The number of hydrogen-bond donors (Lipinski definition) is 0.